The normalized spacial score (nSPS) is 12.7. The second kappa shape index (κ2) is 4.98. The third kappa shape index (κ3) is 2.56. The number of rotatable bonds is 3. The van der Waals surface area contributed by atoms with Gasteiger partial charge in [0, 0.05) is 10.0 Å². The molecule has 4 nitrogen and oxygen atoms in total. The van der Waals surface area contributed by atoms with Crippen LogP contribution in [0.4, 0.5) is 0 Å². The van der Waals surface area contributed by atoms with Gasteiger partial charge in [-0.15, -0.1) is 0 Å². The van der Waals surface area contributed by atoms with Gasteiger partial charge in [0.2, 0.25) is 11.7 Å². The van der Waals surface area contributed by atoms with Gasteiger partial charge in [-0.2, -0.15) is 4.98 Å². The molecule has 0 saturated carbocycles. The lowest BCUT2D eigenvalue weighted by Crippen LogP contribution is -2.08. The highest BCUT2D eigenvalue weighted by Crippen LogP contribution is 2.27. The fourth-order valence-electron chi connectivity index (χ4n) is 1.47. The summed E-state index contributed by atoms with van der Waals surface area (Å²) in [5.74, 6) is 1.05. The molecule has 1 atom stereocenters. The van der Waals surface area contributed by atoms with Gasteiger partial charge in [-0.25, -0.2) is 0 Å². The van der Waals surface area contributed by atoms with Crippen molar-refractivity contribution in [1.82, 2.24) is 10.1 Å². The fraction of sp³-hybridized carbons (Fsp3) is 0.333. The fourth-order valence-corrected chi connectivity index (χ4v) is 2.14. The average Bonchev–Trinajstić information content (AvgIpc) is 2.77. The minimum Gasteiger partial charge on any atom is -0.337 e. The van der Waals surface area contributed by atoms with Crippen LogP contribution in [-0.4, -0.2) is 10.1 Å². The topological polar surface area (TPSA) is 64.9 Å². The van der Waals surface area contributed by atoms with Crippen LogP contribution in [-0.2, 0) is 0 Å². The molecule has 0 spiro atoms. The second-order valence-electron chi connectivity index (χ2n) is 3.95. The molecule has 17 heavy (non-hydrogen) atoms. The maximum atomic E-state index is 5.84. The highest BCUT2D eigenvalue weighted by atomic mass is 79.9. The summed E-state index contributed by atoms with van der Waals surface area (Å²) in [6.07, 6.45) is 0.775. The molecule has 0 amide bonds. The van der Waals surface area contributed by atoms with Crippen LogP contribution < -0.4 is 5.73 Å². The number of hydrogen-bond donors (Lipinski definition) is 1. The molecule has 0 radical (unpaired) electrons. The summed E-state index contributed by atoms with van der Waals surface area (Å²) in [7, 11) is 0. The van der Waals surface area contributed by atoms with Crippen molar-refractivity contribution < 1.29 is 4.52 Å². The monoisotopic (exact) mass is 295 g/mol. The van der Waals surface area contributed by atoms with Crippen LogP contribution >= 0.6 is 15.9 Å². The summed E-state index contributed by atoms with van der Waals surface area (Å²) in [4.78, 5) is 4.31. The van der Waals surface area contributed by atoms with E-state index in [1.54, 1.807) is 0 Å². The Morgan fingerprint density at radius 1 is 1.47 bits per heavy atom. The smallest absolute Gasteiger partial charge is 0.243 e. The molecule has 2 rings (SSSR count). The molecule has 0 aliphatic rings. The van der Waals surface area contributed by atoms with Crippen molar-refractivity contribution in [3.63, 3.8) is 0 Å². The Bertz CT molecular complexity index is 524. The largest absolute Gasteiger partial charge is 0.337 e. The van der Waals surface area contributed by atoms with Gasteiger partial charge in [0.05, 0.1) is 6.04 Å². The van der Waals surface area contributed by atoms with Crippen LogP contribution in [0, 0.1) is 6.92 Å². The SMILES string of the molecule is CC[C@H](N)c1nc(-c2ccc(C)cc2Br)no1. The Hall–Kier alpha value is -1.20. The van der Waals surface area contributed by atoms with Gasteiger partial charge in [-0.05, 0) is 31.0 Å². The van der Waals surface area contributed by atoms with Gasteiger partial charge in [0.1, 0.15) is 0 Å². The summed E-state index contributed by atoms with van der Waals surface area (Å²) in [5.41, 5.74) is 7.93. The van der Waals surface area contributed by atoms with E-state index in [1.165, 1.54) is 5.56 Å². The van der Waals surface area contributed by atoms with Crippen LogP contribution in [0.5, 0.6) is 0 Å². The number of benzene rings is 1. The molecule has 0 unspecified atom stereocenters. The zero-order valence-electron chi connectivity index (χ0n) is 9.77. The van der Waals surface area contributed by atoms with Gasteiger partial charge >= 0.3 is 0 Å². The summed E-state index contributed by atoms with van der Waals surface area (Å²) >= 11 is 3.49. The van der Waals surface area contributed by atoms with Gasteiger partial charge in [0.15, 0.2) is 0 Å². The number of nitrogens with two attached hydrogens (primary N) is 1. The van der Waals surface area contributed by atoms with Crippen LogP contribution in [0.1, 0.15) is 30.8 Å². The van der Waals surface area contributed by atoms with E-state index in [0.717, 1.165) is 16.5 Å². The summed E-state index contributed by atoms with van der Waals surface area (Å²) < 4.78 is 6.10. The predicted molar refractivity (Wildman–Crippen MR) is 69.4 cm³/mol. The van der Waals surface area contributed by atoms with Crippen molar-refractivity contribution in [3.8, 4) is 11.4 Å². The Balaban J connectivity index is 2.37. The van der Waals surface area contributed by atoms with Crippen molar-refractivity contribution in [2.75, 3.05) is 0 Å². The first-order valence-electron chi connectivity index (χ1n) is 5.47. The van der Waals surface area contributed by atoms with E-state index in [9.17, 15) is 0 Å². The second-order valence-corrected chi connectivity index (χ2v) is 4.81. The van der Waals surface area contributed by atoms with E-state index in [-0.39, 0.29) is 6.04 Å². The molecule has 1 heterocycles. The van der Waals surface area contributed by atoms with Gasteiger partial charge < -0.3 is 10.3 Å². The maximum absolute atomic E-state index is 5.84. The molecule has 5 heteroatoms. The van der Waals surface area contributed by atoms with Crippen LogP contribution in [0.25, 0.3) is 11.4 Å². The maximum Gasteiger partial charge on any atom is 0.243 e. The lowest BCUT2D eigenvalue weighted by atomic mass is 10.1. The Kier molecular flexibility index (Phi) is 3.59. The van der Waals surface area contributed by atoms with Crippen molar-refractivity contribution in [2.24, 2.45) is 5.73 Å². The molecule has 0 saturated heterocycles. The minimum absolute atomic E-state index is 0.194. The zero-order valence-corrected chi connectivity index (χ0v) is 11.4. The molecule has 0 aliphatic carbocycles. The van der Waals surface area contributed by atoms with Crippen LogP contribution in [0.15, 0.2) is 27.2 Å². The Morgan fingerprint density at radius 3 is 2.88 bits per heavy atom. The predicted octanol–water partition coefficient (Wildman–Crippen LogP) is 3.22. The Morgan fingerprint density at radius 2 is 2.24 bits per heavy atom. The quantitative estimate of drug-likeness (QED) is 0.944. The number of halogens is 1. The molecule has 90 valence electrons. The van der Waals surface area contributed by atoms with Gasteiger partial charge in [0.25, 0.3) is 0 Å². The first kappa shape index (κ1) is 12.3. The molecule has 1 aromatic carbocycles. The van der Waals surface area contributed by atoms with Crippen molar-refractivity contribution >= 4 is 15.9 Å². The number of nitrogens with zero attached hydrogens (tertiary/aromatic N) is 2. The summed E-state index contributed by atoms with van der Waals surface area (Å²) in [6.45, 7) is 4.01. The first-order valence-corrected chi connectivity index (χ1v) is 6.26. The van der Waals surface area contributed by atoms with E-state index in [4.69, 9.17) is 10.3 Å². The van der Waals surface area contributed by atoms with E-state index < -0.39 is 0 Å². The van der Waals surface area contributed by atoms with Crippen LogP contribution in [0.3, 0.4) is 0 Å². The van der Waals surface area contributed by atoms with Crippen LogP contribution in [0.2, 0.25) is 0 Å². The Labute approximate surface area is 108 Å². The standard InChI is InChI=1S/C12H14BrN3O/c1-3-10(14)12-15-11(16-17-12)8-5-4-7(2)6-9(8)13/h4-6,10H,3,14H2,1-2H3/t10-/m0/s1. The van der Waals surface area contributed by atoms with Crippen molar-refractivity contribution in [1.29, 1.82) is 0 Å². The first-order chi connectivity index (χ1) is 8.11. The molecule has 0 aliphatic heterocycles. The molecule has 1 aromatic heterocycles. The van der Waals surface area contributed by atoms with Gasteiger partial charge in [-0.1, -0.05) is 34.1 Å². The van der Waals surface area contributed by atoms with E-state index in [0.29, 0.717) is 11.7 Å². The highest BCUT2D eigenvalue weighted by Gasteiger charge is 2.15. The third-order valence-electron chi connectivity index (χ3n) is 2.56. The molecular formula is C12H14BrN3O. The molecule has 2 N–H and O–H groups in total. The van der Waals surface area contributed by atoms with E-state index in [1.807, 2.05) is 32.0 Å². The van der Waals surface area contributed by atoms with Crippen molar-refractivity contribution in [2.45, 2.75) is 26.3 Å². The molecule has 0 fully saturated rings. The third-order valence-corrected chi connectivity index (χ3v) is 3.22. The zero-order chi connectivity index (χ0) is 12.4. The minimum atomic E-state index is -0.194. The summed E-state index contributed by atoms with van der Waals surface area (Å²) in [5, 5.41) is 3.95. The van der Waals surface area contributed by atoms with E-state index in [2.05, 4.69) is 26.1 Å². The molecule has 0 bridgehead atoms. The van der Waals surface area contributed by atoms with E-state index >= 15 is 0 Å². The average molecular weight is 296 g/mol. The van der Waals surface area contributed by atoms with Crippen molar-refractivity contribution in [3.05, 3.63) is 34.1 Å². The van der Waals surface area contributed by atoms with Gasteiger partial charge in [-0.3, -0.25) is 0 Å². The number of hydrogen-bond acceptors (Lipinski definition) is 4. The molecular weight excluding hydrogens is 282 g/mol. The molecule has 2 aromatic rings. The number of aryl methyl sites for hydroxylation is 1. The lowest BCUT2D eigenvalue weighted by Gasteiger charge is -2.01. The highest BCUT2D eigenvalue weighted by molar-refractivity contribution is 9.10. The number of aromatic nitrogens is 2. The summed E-state index contributed by atoms with van der Waals surface area (Å²) in [6, 6.07) is 5.80. The lowest BCUT2D eigenvalue weighted by molar-refractivity contribution is 0.352.